The van der Waals surface area contributed by atoms with Gasteiger partial charge in [-0.15, -0.1) is 22.7 Å². The van der Waals surface area contributed by atoms with Crippen molar-refractivity contribution in [1.29, 1.82) is 10.5 Å². The van der Waals surface area contributed by atoms with Crippen LogP contribution in [0.2, 0.25) is 0 Å². The van der Waals surface area contributed by atoms with E-state index in [9.17, 15) is 27.4 Å². The van der Waals surface area contributed by atoms with E-state index in [1.165, 1.54) is 44.0 Å². The normalized spacial score (nSPS) is 15.0. The maximum absolute atomic E-state index is 13.0. The van der Waals surface area contributed by atoms with Crippen LogP contribution in [-0.4, -0.2) is 94.9 Å². The second kappa shape index (κ2) is 19.4. The Hall–Kier alpha value is -5.66. The number of piperazine rings is 2. The molecule has 6 aromatic rings. The molecular formula is C44H44N8O5S4. The number of aryl methyl sites for hydroxylation is 1. The molecule has 2 aromatic heterocycles. The van der Waals surface area contributed by atoms with Crippen LogP contribution < -0.4 is 14.5 Å². The molecule has 17 heteroatoms. The Labute approximate surface area is 365 Å². The zero-order valence-electron chi connectivity index (χ0n) is 33.7. The Balaban J connectivity index is 0.000000184. The van der Waals surface area contributed by atoms with Gasteiger partial charge in [0.25, 0.3) is 0 Å². The Bertz CT molecular complexity index is 2740. The Morgan fingerprint density at radius 1 is 0.590 bits per heavy atom. The molecule has 2 saturated heterocycles. The Morgan fingerprint density at radius 2 is 0.984 bits per heavy atom. The molecule has 2 aliphatic heterocycles. The number of hydrogen-bond donors (Lipinski definition) is 0. The smallest absolute Gasteiger partial charge is 0.244 e. The molecule has 61 heavy (non-hydrogen) atoms. The highest BCUT2D eigenvalue weighted by Gasteiger charge is 2.32. The van der Waals surface area contributed by atoms with Gasteiger partial charge in [0, 0.05) is 76.0 Å². The number of rotatable bonds is 11. The van der Waals surface area contributed by atoms with Gasteiger partial charge in [-0.1, -0.05) is 66.2 Å². The van der Waals surface area contributed by atoms with E-state index in [0.717, 1.165) is 45.8 Å². The number of aromatic nitrogens is 2. The first-order valence-electron chi connectivity index (χ1n) is 19.5. The minimum absolute atomic E-state index is 0.0713. The first kappa shape index (κ1) is 43.4. The van der Waals surface area contributed by atoms with Gasteiger partial charge in [-0.3, -0.25) is 0 Å². The average molecular weight is 893 g/mol. The van der Waals surface area contributed by atoms with Gasteiger partial charge in [-0.05, 0) is 54.4 Å². The fourth-order valence-electron chi connectivity index (χ4n) is 7.00. The minimum Gasteiger partial charge on any atom is -0.497 e. The van der Waals surface area contributed by atoms with Crippen molar-refractivity contribution in [3.8, 4) is 17.9 Å². The quantitative estimate of drug-likeness (QED) is 0.139. The van der Waals surface area contributed by atoms with E-state index >= 15 is 0 Å². The van der Waals surface area contributed by atoms with Gasteiger partial charge in [0.1, 0.15) is 17.9 Å². The number of sulfonamides is 2. The molecule has 4 aromatic carbocycles. The first-order chi connectivity index (χ1) is 29.5. The highest BCUT2D eigenvalue weighted by atomic mass is 32.2. The SMILES string of the molecule is COc1ccc(Cc2csc(N3CCN(S(=O)(=O)c4ccccc4C#N)CC3)n2)cc1.Cc1ccc(Cc2csc(N3CCN(S(=O)(=O)c4ccccc4C#N)CC3)n2)cc1. The maximum atomic E-state index is 13.0. The van der Waals surface area contributed by atoms with Crippen LogP contribution in [0.1, 0.15) is 39.2 Å². The van der Waals surface area contributed by atoms with Crippen LogP contribution in [-0.2, 0) is 32.9 Å². The Kier molecular flexibility index (Phi) is 13.8. The van der Waals surface area contributed by atoms with E-state index in [4.69, 9.17) is 14.7 Å². The minimum atomic E-state index is -3.69. The monoisotopic (exact) mass is 892 g/mol. The van der Waals surface area contributed by atoms with Crippen LogP contribution in [0.3, 0.4) is 0 Å². The third-order valence-electron chi connectivity index (χ3n) is 10.4. The van der Waals surface area contributed by atoms with Crippen LogP contribution in [0.4, 0.5) is 10.3 Å². The van der Waals surface area contributed by atoms with Crippen LogP contribution in [0.5, 0.6) is 5.75 Å². The molecule has 0 aliphatic carbocycles. The molecule has 0 radical (unpaired) electrons. The average Bonchev–Trinajstić information content (AvgIpc) is 3.98. The molecule has 0 N–H and O–H groups in total. The third-order valence-corrected chi connectivity index (χ3v) is 16.2. The third kappa shape index (κ3) is 10.3. The van der Waals surface area contributed by atoms with Crippen molar-refractivity contribution in [2.45, 2.75) is 29.6 Å². The number of anilines is 2. The van der Waals surface area contributed by atoms with Crippen molar-refractivity contribution in [1.82, 2.24) is 18.6 Å². The number of hydrogen-bond acceptors (Lipinski definition) is 13. The molecule has 0 bridgehead atoms. The number of thiazole rings is 2. The van der Waals surface area contributed by atoms with E-state index in [0.29, 0.717) is 52.4 Å². The van der Waals surface area contributed by atoms with E-state index in [1.54, 1.807) is 54.0 Å². The number of benzene rings is 4. The zero-order chi connectivity index (χ0) is 43.0. The molecular weight excluding hydrogens is 849 g/mol. The molecule has 314 valence electrons. The zero-order valence-corrected chi connectivity index (χ0v) is 37.0. The summed E-state index contributed by atoms with van der Waals surface area (Å²) in [7, 11) is -5.73. The van der Waals surface area contributed by atoms with Crippen LogP contribution in [0.25, 0.3) is 0 Å². The van der Waals surface area contributed by atoms with Crippen molar-refractivity contribution in [3.63, 3.8) is 0 Å². The van der Waals surface area contributed by atoms with Crippen LogP contribution in [0, 0.1) is 29.6 Å². The summed E-state index contributed by atoms with van der Waals surface area (Å²) in [5.41, 5.74) is 5.99. The van der Waals surface area contributed by atoms with Crippen LogP contribution >= 0.6 is 22.7 Å². The second-order valence-electron chi connectivity index (χ2n) is 14.4. The van der Waals surface area contributed by atoms with Gasteiger partial charge in [0.15, 0.2) is 10.3 Å². The predicted octanol–water partition coefficient (Wildman–Crippen LogP) is 6.55. The summed E-state index contributed by atoms with van der Waals surface area (Å²) in [6.45, 7) is 5.79. The Morgan fingerprint density at radius 3 is 1.38 bits per heavy atom. The summed E-state index contributed by atoms with van der Waals surface area (Å²) >= 11 is 3.17. The number of methoxy groups -OCH3 is 1. The number of nitriles is 2. The topological polar surface area (TPSA) is 164 Å². The highest BCUT2D eigenvalue weighted by Crippen LogP contribution is 2.28. The van der Waals surface area contributed by atoms with Gasteiger partial charge in [-0.2, -0.15) is 19.1 Å². The van der Waals surface area contributed by atoms with Crippen molar-refractivity contribution < 1.29 is 21.6 Å². The van der Waals surface area contributed by atoms with Gasteiger partial charge in [0.2, 0.25) is 20.0 Å². The lowest BCUT2D eigenvalue weighted by molar-refractivity contribution is 0.384. The van der Waals surface area contributed by atoms with Crippen LogP contribution in [0.15, 0.2) is 118 Å². The lowest BCUT2D eigenvalue weighted by Gasteiger charge is -2.33. The summed E-state index contributed by atoms with van der Waals surface area (Å²) in [6.07, 6.45) is 1.52. The molecule has 8 rings (SSSR count). The fourth-order valence-corrected chi connectivity index (χ4v) is 11.9. The molecule has 13 nitrogen and oxygen atoms in total. The summed E-state index contributed by atoms with van der Waals surface area (Å²) in [5, 5.41) is 24.4. The molecule has 0 atom stereocenters. The molecule has 0 spiro atoms. The molecule has 0 amide bonds. The lowest BCUT2D eigenvalue weighted by Crippen LogP contribution is -2.48. The second-order valence-corrected chi connectivity index (χ2v) is 19.9. The van der Waals surface area contributed by atoms with Crippen molar-refractivity contribution >= 4 is 53.0 Å². The largest absolute Gasteiger partial charge is 0.497 e. The van der Waals surface area contributed by atoms with Gasteiger partial charge in [0.05, 0.1) is 39.4 Å². The van der Waals surface area contributed by atoms with E-state index in [2.05, 4.69) is 46.4 Å². The standard InChI is InChI=1S/C22H22N4O3S2.C22H22N4O2S2/c1-29-20-8-6-17(7-9-20)14-19-16-30-22(24-19)25-10-12-26(13-11-25)31(27,28)21-5-3-2-4-18(21)15-23;1-17-6-8-18(9-7-17)14-20-16-29-22(24-20)25-10-12-26(13-11-25)30(27,28)21-5-3-2-4-19(21)15-23/h2-9,16H,10-14H2,1H3;2-9,16H,10-14H2,1H3. The summed E-state index contributed by atoms with van der Waals surface area (Å²) < 4.78 is 60.1. The van der Waals surface area contributed by atoms with Gasteiger partial charge < -0.3 is 14.5 Å². The summed E-state index contributed by atoms with van der Waals surface area (Å²) in [5.74, 6) is 0.827. The summed E-state index contributed by atoms with van der Waals surface area (Å²) in [4.78, 5) is 13.9. The number of nitrogens with zero attached hydrogens (tertiary/aromatic N) is 8. The van der Waals surface area contributed by atoms with Gasteiger partial charge >= 0.3 is 0 Å². The molecule has 4 heterocycles. The van der Waals surface area contributed by atoms with E-state index < -0.39 is 20.0 Å². The molecule has 0 saturated carbocycles. The fraction of sp³-hybridized carbons (Fsp3) is 0.273. The van der Waals surface area contributed by atoms with E-state index in [1.807, 2.05) is 41.8 Å². The molecule has 2 aliphatic rings. The molecule has 2 fully saturated rings. The number of ether oxygens (including phenoxy) is 1. The lowest BCUT2D eigenvalue weighted by atomic mass is 10.1. The molecule has 0 unspecified atom stereocenters. The van der Waals surface area contributed by atoms with Crippen molar-refractivity contribution in [3.05, 3.63) is 147 Å². The predicted molar refractivity (Wildman–Crippen MR) is 238 cm³/mol. The van der Waals surface area contributed by atoms with E-state index in [-0.39, 0.29) is 20.9 Å². The maximum Gasteiger partial charge on any atom is 0.244 e. The van der Waals surface area contributed by atoms with Gasteiger partial charge in [-0.25, -0.2) is 26.8 Å². The first-order valence-corrected chi connectivity index (χ1v) is 24.2. The highest BCUT2D eigenvalue weighted by molar-refractivity contribution is 7.89. The summed E-state index contributed by atoms with van der Waals surface area (Å²) in [6, 6.07) is 33.0. The van der Waals surface area contributed by atoms with Crippen molar-refractivity contribution in [2.24, 2.45) is 0 Å². The van der Waals surface area contributed by atoms with Crippen molar-refractivity contribution in [2.75, 3.05) is 69.3 Å².